The van der Waals surface area contributed by atoms with Crippen LogP contribution < -0.4 is 0 Å². The average Bonchev–Trinajstić information content (AvgIpc) is 3.76. The number of nitrogens with zero attached hydrogens (tertiary/aromatic N) is 1. The number of benzene rings is 2. The van der Waals surface area contributed by atoms with Gasteiger partial charge in [-0.25, -0.2) is 0 Å². The first-order valence-corrected chi connectivity index (χ1v) is 18.3. The summed E-state index contributed by atoms with van der Waals surface area (Å²) in [4.78, 5) is 18.1. The minimum Gasteiger partial charge on any atom is -0.512 e. The third-order valence-corrected chi connectivity index (χ3v) is 11.7. The number of carbonyl (C=O) groups excluding carboxylic acids is 1. The Hall–Kier alpha value is -2.37. The minimum absolute atomic E-state index is 0. The summed E-state index contributed by atoms with van der Waals surface area (Å²) in [5.41, 5.74) is 4.99. The summed E-state index contributed by atoms with van der Waals surface area (Å²) in [6.45, 7) is 17.2. The molecule has 4 aromatic rings. The smallest absolute Gasteiger partial charge is 0.162 e. The Bertz CT molecular complexity index is 1710. The van der Waals surface area contributed by atoms with Crippen LogP contribution in [0.25, 0.3) is 32.1 Å². The van der Waals surface area contributed by atoms with Crippen molar-refractivity contribution in [3.05, 3.63) is 76.5 Å². The summed E-state index contributed by atoms with van der Waals surface area (Å²) in [7, 11) is 0. The van der Waals surface area contributed by atoms with Gasteiger partial charge in [-0.15, -0.1) is 40.5 Å². The van der Waals surface area contributed by atoms with Crippen molar-refractivity contribution in [1.29, 1.82) is 0 Å². The molecule has 2 bridgehead atoms. The molecule has 4 heterocycles. The Morgan fingerprint density at radius 2 is 1.72 bits per heavy atom. The first-order valence-electron chi connectivity index (χ1n) is 17.4. The first kappa shape index (κ1) is 37.4. The predicted molar refractivity (Wildman–Crippen MR) is 194 cm³/mol. The van der Waals surface area contributed by atoms with Crippen LogP contribution in [0, 0.1) is 24.8 Å². The Morgan fingerprint density at radius 1 is 1.04 bits per heavy atom. The van der Waals surface area contributed by atoms with Gasteiger partial charge in [-0.3, -0.25) is 9.78 Å². The number of hydrogen-bond donors (Lipinski definition) is 1. The van der Waals surface area contributed by atoms with Crippen LogP contribution in [0.1, 0.15) is 115 Å². The van der Waals surface area contributed by atoms with Crippen molar-refractivity contribution in [2.24, 2.45) is 11.8 Å². The summed E-state index contributed by atoms with van der Waals surface area (Å²) >= 11 is 1.94. The van der Waals surface area contributed by atoms with Gasteiger partial charge in [0.1, 0.15) is 0 Å². The maximum absolute atomic E-state index is 11.7. The molecule has 2 aromatic heterocycles. The molecule has 0 aliphatic carbocycles. The van der Waals surface area contributed by atoms with Gasteiger partial charge in [0.15, 0.2) is 5.78 Å². The molecule has 3 unspecified atom stereocenters. The number of aromatic nitrogens is 1. The molecule has 255 valence electrons. The Morgan fingerprint density at radius 3 is 2.32 bits per heavy atom. The summed E-state index contributed by atoms with van der Waals surface area (Å²) in [6.07, 6.45) is 11.4. The summed E-state index contributed by atoms with van der Waals surface area (Å²) in [6, 6.07) is 16.8. The molecular weight excluding hydrogens is 779 g/mol. The largest absolute Gasteiger partial charge is 0.512 e. The number of rotatable bonds is 9. The Balaban J connectivity index is 0.000000269. The molecule has 6 rings (SSSR count). The number of aliphatic hydroxyl groups excluding tert-OH is 1. The number of aryl methyl sites for hydroxylation is 1. The number of fused-ring (bicyclic) bond motifs is 4. The average molecular weight is 831 g/mol. The fourth-order valence-electron chi connectivity index (χ4n) is 7.38. The van der Waals surface area contributed by atoms with E-state index in [2.05, 4.69) is 70.2 Å². The van der Waals surface area contributed by atoms with E-state index in [1.165, 1.54) is 62.2 Å². The van der Waals surface area contributed by atoms with Gasteiger partial charge >= 0.3 is 0 Å². The van der Waals surface area contributed by atoms with Crippen LogP contribution in [0.2, 0.25) is 0 Å². The second-order valence-electron chi connectivity index (χ2n) is 14.2. The molecule has 6 heteroatoms. The molecule has 1 N–H and O–H groups in total. The Labute approximate surface area is 299 Å². The summed E-state index contributed by atoms with van der Waals surface area (Å²) in [5, 5.41) is 13.5. The van der Waals surface area contributed by atoms with Crippen molar-refractivity contribution in [3.63, 3.8) is 0 Å². The maximum atomic E-state index is 11.7. The van der Waals surface area contributed by atoms with E-state index in [9.17, 15) is 9.90 Å². The van der Waals surface area contributed by atoms with Gasteiger partial charge in [-0.2, -0.15) is 0 Å². The van der Waals surface area contributed by atoms with Crippen LogP contribution in [0.4, 0.5) is 0 Å². The third kappa shape index (κ3) is 7.93. The van der Waals surface area contributed by atoms with E-state index < -0.39 is 0 Å². The predicted octanol–water partition coefficient (Wildman–Crippen LogP) is 11.4. The standard InChI is InChI=1S/C28H28NOS.C13H24O2.Ir/c1-16-20-11-12-29-25(27(20)31-26(16)22-15-19-9-10-24(22)30-19)18-13-17-7-5-6-8-21(17)23(14-18)28(2,3)4;1-5-10(6-2)12(14)9-13(15)11(7-3)8-4;/h5-8,11-12,14,19,22,24H,9-10,15H2,1-4H3;9-11,14H,5-8H2,1-4H3;/q-1;;/b;12-9-;. The number of thiophene rings is 1. The first-order chi connectivity index (χ1) is 22.0. The zero-order valence-corrected chi connectivity index (χ0v) is 32.6. The fraction of sp³-hybridized carbons (Fsp3) is 0.512. The van der Waals surface area contributed by atoms with Gasteiger partial charge in [0.2, 0.25) is 0 Å². The van der Waals surface area contributed by atoms with Gasteiger partial charge in [0, 0.05) is 65.4 Å². The molecule has 3 atom stereocenters. The minimum atomic E-state index is 0. The van der Waals surface area contributed by atoms with Crippen molar-refractivity contribution in [2.45, 2.75) is 124 Å². The van der Waals surface area contributed by atoms with Crippen molar-refractivity contribution in [3.8, 4) is 11.3 Å². The molecule has 0 amide bonds. The van der Waals surface area contributed by atoms with Crippen LogP contribution in [0.15, 0.2) is 54.4 Å². The second kappa shape index (κ2) is 15.9. The van der Waals surface area contributed by atoms with E-state index in [1.807, 2.05) is 45.2 Å². The van der Waals surface area contributed by atoms with Gasteiger partial charge in [0.05, 0.1) is 18.0 Å². The van der Waals surface area contributed by atoms with Crippen LogP contribution in [0.3, 0.4) is 0 Å². The molecule has 4 nitrogen and oxygen atoms in total. The van der Waals surface area contributed by atoms with Crippen LogP contribution >= 0.6 is 11.3 Å². The monoisotopic (exact) mass is 831 g/mol. The molecule has 47 heavy (non-hydrogen) atoms. The van der Waals surface area contributed by atoms with E-state index in [4.69, 9.17) is 9.72 Å². The molecule has 2 aliphatic rings. The van der Waals surface area contributed by atoms with E-state index in [1.54, 1.807) is 0 Å². The fourth-order valence-corrected chi connectivity index (χ4v) is 8.86. The molecule has 2 aromatic carbocycles. The SMILES string of the molecule is CCC(CC)C(=O)/C=C(\O)C(CC)CC.Cc1c(C2CC3CCC2O3)sc2c(-c3[c-]c4ccccc4c(C(C)(C)C)c3)nccc12.[Ir]. The topological polar surface area (TPSA) is 59.4 Å². The molecule has 0 spiro atoms. The number of allylic oxidation sites excluding steroid dienone is 2. The van der Waals surface area contributed by atoms with E-state index >= 15 is 0 Å². The molecule has 1 radical (unpaired) electrons. The van der Waals surface area contributed by atoms with Crippen LogP contribution in [-0.2, 0) is 35.1 Å². The van der Waals surface area contributed by atoms with Crippen molar-refractivity contribution < 1.29 is 34.7 Å². The molecule has 0 saturated carbocycles. The van der Waals surface area contributed by atoms with Crippen molar-refractivity contribution >= 4 is 38.0 Å². The van der Waals surface area contributed by atoms with Gasteiger partial charge in [-0.1, -0.05) is 77.6 Å². The molecule has 2 aliphatic heterocycles. The summed E-state index contributed by atoms with van der Waals surface area (Å²) in [5.74, 6) is 1.10. The quantitative estimate of drug-likeness (QED) is 0.104. The van der Waals surface area contributed by atoms with Crippen molar-refractivity contribution in [1.82, 2.24) is 4.98 Å². The second-order valence-corrected chi connectivity index (χ2v) is 15.3. The zero-order valence-electron chi connectivity index (χ0n) is 29.4. The molecular formula is C41H52IrNO3S-. The normalized spacial score (nSPS) is 19.4. The third-order valence-electron chi connectivity index (χ3n) is 10.3. The molecule has 2 saturated heterocycles. The van der Waals surface area contributed by atoms with Crippen LogP contribution in [-0.4, -0.2) is 28.1 Å². The van der Waals surface area contributed by atoms with E-state index in [0.29, 0.717) is 18.1 Å². The number of carbonyl (C=O) groups is 1. The number of hydrogen-bond acceptors (Lipinski definition) is 5. The number of pyridine rings is 1. The zero-order chi connectivity index (χ0) is 33.2. The van der Waals surface area contributed by atoms with Gasteiger partial charge in [0.25, 0.3) is 0 Å². The van der Waals surface area contributed by atoms with Crippen molar-refractivity contribution in [2.75, 3.05) is 0 Å². The number of ether oxygens (including phenoxy) is 1. The van der Waals surface area contributed by atoms with Gasteiger partial charge < -0.3 is 9.84 Å². The number of aliphatic hydroxyl groups is 1. The van der Waals surface area contributed by atoms with Gasteiger partial charge in [-0.05, 0) is 74.3 Å². The van der Waals surface area contributed by atoms with Crippen LogP contribution in [0.5, 0.6) is 0 Å². The summed E-state index contributed by atoms with van der Waals surface area (Å²) < 4.78 is 7.49. The van der Waals surface area contributed by atoms with E-state index in [0.717, 1.165) is 36.9 Å². The Kier molecular flexibility index (Phi) is 12.7. The number of ketones is 1. The maximum Gasteiger partial charge on any atom is 0.162 e. The molecule has 2 fully saturated rings. The van der Waals surface area contributed by atoms with E-state index in [-0.39, 0.29) is 48.9 Å².